The zero-order valence-electron chi connectivity index (χ0n) is 11.5. The Hall–Kier alpha value is -1.80. The summed E-state index contributed by atoms with van der Waals surface area (Å²) in [6.07, 6.45) is 0. The zero-order chi connectivity index (χ0) is 15.6. The van der Waals surface area contributed by atoms with E-state index < -0.39 is 28.3 Å². The third kappa shape index (κ3) is 4.71. The van der Waals surface area contributed by atoms with Crippen LogP contribution < -0.4 is 9.03 Å². The average Bonchev–Trinajstić information content (AvgIpc) is 2.23. The largest absolute Gasteiger partial charge is 0.508 e. The molecule has 0 unspecified atom stereocenters. The number of benzene rings is 1. The molecule has 0 bridgehead atoms. The smallest absolute Gasteiger partial charge is 0.324 e. The van der Waals surface area contributed by atoms with E-state index in [2.05, 4.69) is 4.72 Å². The topological polar surface area (TPSA) is 107 Å². The molecule has 8 heteroatoms. The summed E-state index contributed by atoms with van der Waals surface area (Å²) < 4.78 is 27.6. The third-order valence-electron chi connectivity index (χ3n) is 2.14. The normalized spacial score (nSPS) is 12.2. The van der Waals surface area contributed by atoms with Crippen molar-refractivity contribution in [2.45, 2.75) is 26.3 Å². The van der Waals surface area contributed by atoms with Gasteiger partial charge < -0.3 is 10.2 Å². The molecule has 0 aromatic heterocycles. The van der Waals surface area contributed by atoms with Gasteiger partial charge in [0.2, 0.25) is 0 Å². The van der Waals surface area contributed by atoms with Crippen LogP contribution in [0.3, 0.4) is 0 Å². The minimum absolute atomic E-state index is 0.0368. The summed E-state index contributed by atoms with van der Waals surface area (Å²) in [4.78, 5) is 10.9. The van der Waals surface area contributed by atoms with E-state index in [1.807, 2.05) is 0 Å². The summed E-state index contributed by atoms with van der Waals surface area (Å²) in [5, 5.41) is 18.1. The van der Waals surface area contributed by atoms with Crippen LogP contribution in [0.1, 0.15) is 20.8 Å². The molecule has 1 aromatic carbocycles. The van der Waals surface area contributed by atoms with E-state index in [-0.39, 0.29) is 11.4 Å². The van der Waals surface area contributed by atoms with Gasteiger partial charge in [-0.1, -0.05) is 0 Å². The van der Waals surface area contributed by atoms with E-state index in [0.29, 0.717) is 0 Å². The van der Waals surface area contributed by atoms with Gasteiger partial charge in [-0.3, -0.25) is 4.79 Å². The van der Waals surface area contributed by atoms with E-state index in [0.717, 1.165) is 4.31 Å². The zero-order valence-corrected chi connectivity index (χ0v) is 12.3. The molecule has 112 valence electrons. The first kappa shape index (κ1) is 16.3. The number of aliphatic carboxylic acids is 1. The Morgan fingerprint density at radius 1 is 1.25 bits per heavy atom. The highest BCUT2D eigenvalue weighted by Crippen LogP contribution is 2.21. The lowest BCUT2D eigenvalue weighted by Crippen LogP contribution is -2.50. The fourth-order valence-corrected chi connectivity index (χ4v) is 3.06. The van der Waals surface area contributed by atoms with Crippen molar-refractivity contribution in [1.82, 2.24) is 4.72 Å². The van der Waals surface area contributed by atoms with Crippen LogP contribution in [-0.2, 0) is 15.0 Å². The predicted molar refractivity (Wildman–Crippen MR) is 74.9 cm³/mol. The van der Waals surface area contributed by atoms with Crippen molar-refractivity contribution in [3.05, 3.63) is 24.3 Å². The number of aromatic hydroxyl groups is 1. The number of rotatable bonds is 5. The lowest BCUT2D eigenvalue weighted by molar-refractivity contribution is -0.135. The van der Waals surface area contributed by atoms with E-state index in [1.54, 1.807) is 20.8 Å². The second-order valence-corrected chi connectivity index (χ2v) is 6.87. The highest BCUT2D eigenvalue weighted by molar-refractivity contribution is 7.91. The molecule has 20 heavy (non-hydrogen) atoms. The molecule has 0 aliphatic carbocycles. The Kier molecular flexibility index (Phi) is 4.61. The van der Waals surface area contributed by atoms with Gasteiger partial charge >= 0.3 is 16.2 Å². The van der Waals surface area contributed by atoms with Crippen LogP contribution in [0.25, 0.3) is 0 Å². The number of nitrogens with one attached hydrogen (secondary N) is 1. The molecule has 0 radical (unpaired) electrons. The van der Waals surface area contributed by atoms with Gasteiger partial charge in [-0.15, -0.1) is 0 Å². The molecule has 7 nitrogen and oxygen atoms in total. The van der Waals surface area contributed by atoms with Crippen molar-refractivity contribution >= 4 is 21.9 Å². The Labute approximate surface area is 118 Å². The van der Waals surface area contributed by atoms with Crippen LogP contribution in [0.5, 0.6) is 5.75 Å². The van der Waals surface area contributed by atoms with Crippen molar-refractivity contribution in [3.63, 3.8) is 0 Å². The van der Waals surface area contributed by atoms with Crippen molar-refractivity contribution in [3.8, 4) is 5.75 Å². The second-order valence-electron chi connectivity index (χ2n) is 5.27. The summed E-state index contributed by atoms with van der Waals surface area (Å²) in [5.41, 5.74) is -0.589. The molecule has 0 amide bonds. The van der Waals surface area contributed by atoms with E-state index in [1.165, 1.54) is 24.3 Å². The van der Waals surface area contributed by atoms with Crippen LogP contribution in [0, 0.1) is 0 Å². The minimum atomic E-state index is -4.02. The van der Waals surface area contributed by atoms with Crippen molar-refractivity contribution in [1.29, 1.82) is 0 Å². The molecule has 0 atom stereocenters. The molecular formula is C12H18N2O5S. The van der Waals surface area contributed by atoms with E-state index in [9.17, 15) is 18.3 Å². The highest BCUT2D eigenvalue weighted by Gasteiger charge is 2.29. The van der Waals surface area contributed by atoms with Crippen molar-refractivity contribution < 1.29 is 23.4 Å². The van der Waals surface area contributed by atoms with Gasteiger partial charge in [-0.2, -0.15) is 13.1 Å². The third-order valence-corrected chi connectivity index (χ3v) is 3.93. The molecule has 0 saturated heterocycles. The van der Waals surface area contributed by atoms with Gasteiger partial charge in [0.15, 0.2) is 0 Å². The van der Waals surface area contributed by atoms with Crippen LogP contribution in [0.2, 0.25) is 0 Å². The summed E-state index contributed by atoms with van der Waals surface area (Å²) in [7, 11) is -4.02. The van der Waals surface area contributed by atoms with Gasteiger partial charge in [0, 0.05) is 5.54 Å². The van der Waals surface area contributed by atoms with Crippen LogP contribution in [0.15, 0.2) is 24.3 Å². The fourth-order valence-electron chi connectivity index (χ4n) is 1.50. The number of carboxylic acid groups (broad SMARTS) is 1. The van der Waals surface area contributed by atoms with Gasteiger partial charge in [0.1, 0.15) is 12.3 Å². The molecule has 1 aromatic rings. The monoisotopic (exact) mass is 302 g/mol. The number of carboxylic acids is 1. The summed E-state index contributed by atoms with van der Waals surface area (Å²) in [6, 6.07) is 5.24. The van der Waals surface area contributed by atoms with Crippen molar-refractivity contribution in [2.75, 3.05) is 10.8 Å². The predicted octanol–water partition coefficient (Wildman–Crippen LogP) is 0.916. The molecule has 0 saturated carbocycles. The lowest BCUT2D eigenvalue weighted by Gasteiger charge is -2.28. The van der Waals surface area contributed by atoms with Crippen LogP contribution >= 0.6 is 0 Å². The first-order valence-electron chi connectivity index (χ1n) is 5.84. The number of carbonyl (C=O) groups is 1. The maximum atomic E-state index is 12.3. The minimum Gasteiger partial charge on any atom is -0.508 e. The molecule has 0 heterocycles. The molecule has 0 spiro atoms. The number of nitrogens with zero attached hydrogens (tertiary/aromatic N) is 1. The van der Waals surface area contributed by atoms with Gasteiger partial charge in [0.25, 0.3) is 0 Å². The molecule has 0 aliphatic rings. The van der Waals surface area contributed by atoms with Crippen LogP contribution in [-0.4, -0.2) is 36.7 Å². The molecule has 3 N–H and O–H groups in total. The Morgan fingerprint density at radius 2 is 1.75 bits per heavy atom. The standard InChI is InChI=1S/C12H18N2O5S/c1-12(2,3)13-20(18,19)14(8-11(16)17)9-4-6-10(15)7-5-9/h4-7,13,15H,8H2,1-3H3,(H,16,17). The number of anilines is 1. The summed E-state index contributed by atoms with van der Waals surface area (Å²) >= 11 is 0. The Bertz CT molecular complexity index is 575. The van der Waals surface area contributed by atoms with Crippen LogP contribution in [0.4, 0.5) is 5.69 Å². The molecular weight excluding hydrogens is 284 g/mol. The fraction of sp³-hybridized carbons (Fsp3) is 0.417. The molecule has 0 aliphatic heterocycles. The van der Waals surface area contributed by atoms with Gasteiger partial charge in [0.05, 0.1) is 5.69 Å². The number of phenolic OH excluding ortho intramolecular Hbond substituents is 1. The maximum Gasteiger partial charge on any atom is 0.324 e. The number of hydrogen-bond donors (Lipinski definition) is 3. The van der Waals surface area contributed by atoms with Gasteiger partial charge in [-0.05, 0) is 45.0 Å². The molecule has 1 rings (SSSR count). The number of hydrogen-bond acceptors (Lipinski definition) is 4. The first-order valence-corrected chi connectivity index (χ1v) is 7.28. The molecule has 0 fully saturated rings. The Balaban J connectivity index is 3.19. The number of phenols is 1. The second kappa shape index (κ2) is 5.68. The highest BCUT2D eigenvalue weighted by atomic mass is 32.2. The lowest BCUT2D eigenvalue weighted by atomic mass is 10.1. The average molecular weight is 302 g/mol. The summed E-state index contributed by atoms with van der Waals surface area (Å²) in [5.74, 6) is -1.32. The quantitative estimate of drug-likeness (QED) is 0.749. The maximum absolute atomic E-state index is 12.3. The first-order chi connectivity index (χ1) is 9.01. The van der Waals surface area contributed by atoms with E-state index in [4.69, 9.17) is 5.11 Å². The van der Waals surface area contributed by atoms with Crippen molar-refractivity contribution in [2.24, 2.45) is 0 Å². The summed E-state index contributed by atoms with van der Waals surface area (Å²) in [6.45, 7) is 4.25. The van der Waals surface area contributed by atoms with E-state index >= 15 is 0 Å². The Morgan fingerprint density at radius 3 is 2.15 bits per heavy atom. The van der Waals surface area contributed by atoms with Gasteiger partial charge in [-0.25, -0.2) is 4.31 Å². The SMILES string of the molecule is CC(C)(C)NS(=O)(=O)N(CC(=O)O)c1ccc(O)cc1.